The van der Waals surface area contributed by atoms with Crippen molar-refractivity contribution in [3.05, 3.63) is 29.8 Å². The third-order valence-corrected chi connectivity index (χ3v) is 6.76. The molecule has 1 N–H and O–H groups in total. The van der Waals surface area contributed by atoms with Gasteiger partial charge in [-0.3, -0.25) is 4.90 Å². The molecule has 150 valence electrons. The van der Waals surface area contributed by atoms with Crippen molar-refractivity contribution in [2.75, 3.05) is 39.3 Å². The number of likely N-dealkylation sites (tertiary alicyclic amines) is 2. The molecule has 3 fully saturated rings. The number of aliphatic hydroxyl groups is 1. The lowest BCUT2D eigenvalue weighted by Crippen LogP contribution is -2.35. The van der Waals surface area contributed by atoms with Crippen LogP contribution < -0.4 is 4.74 Å². The molecule has 0 amide bonds. The molecule has 0 bridgehead atoms. The van der Waals surface area contributed by atoms with Crippen LogP contribution in [0.1, 0.15) is 44.6 Å². The molecule has 2 heterocycles. The monoisotopic (exact) mass is 372 g/mol. The number of fused-ring (bicyclic) bond motifs is 1. The van der Waals surface area contributed by atoms with Crippen LogP contribution in [0, 0.1) is 17.8 Å². The molecular formula is C23H36N2O2. The highest BCUT2D eigenvalue weighted by molar-refractivity contribution is 5.27. The van der Waals surface area contributed by atoms with Crippen LogP contribution in [0.25, 0.3) is 0 Å². The van der Waals surface area contributed by atoms with Crippen LogP contribution in [0.15, 0.2) is 24.3 Å². The number of benzene rings is 1. The van der Waals surface area contributed by atoms with Crippen molar-refractivity contribution in [3.63, 3.8) is 0 Å². The van der Waals surface area contributed by atoms with Crippen molar-refractivity contribution in [3.8, 4) is 5.75 Å². The van der Waals surface area contributed by atoms with E-state index >= 15 is 0 Å². The Bertz CT molecular complexity index is 577. The average molecular weight is 373 g/mol. The van der Waals surface area contributed by atoms with Gasteiger partial charge in [0.1, 0.15) is 5.75 Å². The van der Waals surface area contributed by atoms with Crippen LogP contribution in [-0.4, -0.2) is 60.3 Å². The van der Waals surface area contributed by atoms with Gasteiger partial charge in [-0.25, -0.2) is 0 Å². The first-order valence-electron chi connectivity index (χ1n) is 11.0. The van der Waals surface area contributed by atoms with Gasteiger partial charge in [-0.1, -0.05) is 19.1 Å². The van der Waals surface area contributed by atoms with E-state index < -0.39 is 0 Å². The fraction of sp³-hybridized carbons (Fsp3) is 0.739. The van der Waals surface area contributed by atoms with Gasteiger partial charge in [0.2, 0.25) is 0 Å². The van der Waals surface area contributed by atoms with Crippen LogP contribution >= 0.6 is 0 Å². The molecule has 4 heteroatoms. The van der Waals surface area contributed by atoms with Crippen LogP contribution in [0.4, 0.5) is 0 Å². The second-order valence-electron chi connectivity index (χ2n) is 9.23. The second kappa shape index (κ2) is 8.93. The minimum atomic E-state index is -0.0445. The average Bonchev–Trinajstić information content (AvgIpc) is 3.17. The fourth-order valence-corrected chi connectivity index (χ4v) is 5.41. The number of nitrogens with zero attached hydrogens (tertiary/aromatic N) is 2. The third-order valence-electron chi connectivity index (χ3n) is 6.76. The van der Waals surface area contributed by atoms with E-state index in [1.807, 2.05) is 0 Å². The van der Waals surface area contributed by atoms with Crippen molar-refractivity contribution in [2.45, 2.75) is 51.7 Å². The largest absolute Gasteiger partial charge is 0.494 e. The van der Waals surface area contributed by atoms with Gasteiger partial charge in [0.15, 0.2) is 0 Å². The molecule has 1 aromatic rings. The smallest absolute Gasteiger partial charge is 0.119 e. The lowest BCUT2D eigenvalue weighted by atomic mass is 10.0. The van der Waals surface area contributed by atoms with E-state index in [-0.39, 0.29) is 6.10 Å². The number of ether oxygens (including phenoxy) is 1. The Morgan fingerprint density at radius 1 is 1.04 bits per heavy atom. The number of hydrogen-bond acceptors (Lipinski definition) is 4. The van der Waals surface area contributed by atoms with E-state index in [9.17, 15) is 5.11 Å². The number of hydrogen-bond donors (Lipinski definition) is 1. The summed E-state index contributed by atoms with van der Waals surface area (Å²) >= 11 is 0. The highest BCUT2D eigenvalue weighted by Gasteiger charge is 2.39. The van der Waals surface area contributed by atoms with Crippen molar-refractivity contribution in [2.24, 2.45) is 17.8 Å². The van der Waals surface area contributed by atoms with Gasteiger partial charge in [0.25, 0.3) is 0 Å². The summed E-state index contributed by atoms with van der Waals surface area (Å²) in [6.07, 6.45) is 5.81. The van der Waals surface area contributed by atoms with E-state index in [1.54, 1.807) is 0 Å². The molecule has 1 aromatic carbocycles. The number of piperidine rings is 1. The molecule has 4 nitrogen and oxygen atoms in total. The van der Waals surface area contributed by atoms with E-state index in [2.05, 4.69) is 41.0 Å². The van der Waals surface area contributed by atoms with Gasteiger partial charge in [-0.05, 0) is 74.1 Å². The van der Waals surface area contributed by atoms with Crippen molar-refractivity contribution in [1.29, 1.82) is 0 Å². The molecule has 4 atom stereocenters. The Labute approximate surface area is 164 Å². The maximum absolute atomic E-state index is 9.78. The standard InChI is InChI=1S/C23H36N2O2/c1-18-4-2-9-24(14-18)10-3-11-27-23-7-5-19(6-8-23)15-25-16-20-12-22(26)13-21(20)17-25/h5-8,18,20-22,26H,2-4,9-17H2,1H3/t18?,20-,21+,22?. The van der Waals surface area contributed by atoms with Crippen molar-refractivity contribution >= 4 is 0 Å². The molecule has 4 rings (SSSR count). The molecule has 0 aromatic heterocycles. The maximum Gasteiger partial charge on any atom is 0.119 e. The van der Waals surface area contributed by atoms with Gasteiger partial charge in [0.05, 0.1) is 12.7 Å². The minimum Gasteiger partial charge on any atom is -0.494 e. The van der Waals surface area contributed by atoms with Crippen LogP contribution in [0.5, 0.6) is 5.75 Å². The van der Waals surface area contributed by atoms with Gasteiger partial charge in [0, 0.05) is 32.7 Å². The predicted molar refractivity (Wildman–Crippen MR) is 109 cm³/mol. The summed E-state index contributed by atoms with van der Waals surface area (Å²) in [7, 11) is 0. The van der Waals surface area contributed by atoms with Crippen molar-refractivity contribution < 1.29 is 9.84 Å². The summed E-state index contributed by atoms with van der Waals surface area (Å²) in [5.74, 6) is 3.27. The van der Waals surface area contributed by atoms with Gasteiger partial charge in [-0.2, -0.15) is 0 Å². The molecule has 2 unspecified atom stereocenters. The quantitative estimate of drug-likeness (QED) is 0.744. The summed E-state index contributed by atoms with van der Waals surface area (Å²) in [5, 5.41) is 9.78. The van der Waals surface area contributed by atoms with E-state index in [0.717, 1.165) is 63.7 Å². The normalized spacial score (nSPS) is 31.9. The second-order valence-corrected chi connectivity index (χ2v) is 9.23. The Morgan fingerprint density at radius 3 is 2.48 bits per heavy atom. The first-order chi connectivity index (χ1) is 13.2. The Hall–Kier alpha value is -1.10. The Balaban J connectivity index is 1.15. The van der Waals surface area contributed by atoms with E-state index in [1.165, 1.54) is 31.5 Å². The van der Waals surface area contributed by atoms with Crippen LogP contribution in [0.3, 0.4) is 0 Å². The molecule has 2 aliphatic heterocycles. The highest BCUT2D eigenvalue weighted by atomic mass is 16.5. The number of rotatable bonds is 7. The van der Waals surface area contributed by atoms with Gasteiger partial charge in [-0.15, -0.1) is 0 Å². The van der Waals surface area contributed by atoms with Crippen LogP contribution in [0.2, 0.25) is 0 Å². The topological polar surface area (TPSA) is 35.9 Å². The maximum atomic E-state index is 9.78. The molecule has 1 saturated carbocycles. The molecule has 0 radical (unpaired) electrons. The fourth-order valence-electron chi connectivity index (χ4n) is 5.41. The summed E-state index contributed by atoms with van der Waals surface area (Å²) in [6.45, 7) is 10.2. The number of aliphatic hydroxyl groups excluding tert-OH is 1. The zero-order chi connectivity index (χ0) is 18.6. The summed E-state index contributed by atoms with van der Waals surface area (Å²) in [4.78, 5) is 5.14. The van der Waals surface area contributed by atoms with E-state index in [0.29, 0.717) is 11.8 Å². The van der Waals surface area contributed by atoms with Gasteiger partial charge >= 0.3 is 0 Å². The SMILES string of the molecule is CC1CCCN(CCCOc2ccc(CN3C[C@H]4CC(O)C[C@H]4C3)cc2)C1. The summed E-state index contributed by atoms with van der Waals surface area (Å²) < 4.78 is 5.95. The van der Waals surface area contributed by atoms with Crippen molar-refractivity contribution in [1.82, 2.24) is 9.80 Å². The predicted octanol–water partition coefficient (Wildman–Crippen LogP) is 3.39. The van der Waals surface area contributed by atoms with Crippen LogP contribution in [-0.2, 0) is 6.54 Å². The lowest BCUT2D eigenvalue weighted by molar-refractivity contribution is 0.161. The Morgan fingerprint density at radius 2 is 1.78 bits per heavy atom. The molecule has 3 aliphatic rings. The summed E-state index contributed by atoms with van der Waals surface area (Å²) in [5.41, 5.74) is 1.37. The Kier molecular flexibility index (Phi) is 6.36. The van der Waals surface area contributed by atoms with Gasteiger partial charge < -0.3 is 14.7 Å². The lowest BCUT2D eigenvalue weighted by Gasteiger charge is -2.30. The molecular weight excluding hydrogens is 336 g/mol. The summed E-state index contributed by atoms with van der Waals surface area (Å²) in [6, 6.07) is 8.67. The zero-order valence-corrected chi connectivity index (χ0v) is 16.9. The van der Waals surface area contributed by atoms with E-state index in [4.69, 9.17) is 4.74 Å². The third kappa shape index (κ3) is 5.24. The first kappa shape index (κ1) is 19.2. The zero-order valence-electron chi connectivity index (χ0n) is 16.9. The molecule has 0 spiro atoms. The molecule has 27 heavy (non-hydrogen) atoms. The minimum absolute atomic E-state index is 0.0445. The highest BCUT2D eigenvalue weighted by Crippen LogP contribution is 2.38. The molecule has 1 aliphatic carbocycles. The molecule has 2 saturated heterocycles. The first-order valence-corrected chi connectivity index (χ1v) is 11.0.